The summed E-state index contributed by atoms with van der Waals surface area (Å²) < 4.78 is 1.08. The summed E-state index contributed by atoms with van der Waals surface area (Å²) in [5.41, 5.74) is 0.920. The van der Waals surface area contributed by atoms with Crippen molar-refractivity contribution < 1.29 is 10.2 Å². The number of nitriles is 1. The molecule has 0 radical (unpaired) electrons. The zero-order valence-corrected chi connectivity index (χ0v) is 11.5. The van der Waals surface area contributed by atoms with Crippen LogP contribution in [0.25, 0.3) is 0 Å². The Labute approximate surface area is 120 Å². The molecule has 1 aromatic carbocycles. The van der Waals surface area contributed by atoms with Gasteiger partial charge in [-0.05, 0) is 37.6 Å². The molecule has 106 valence electrons. The van der Waals surface area contributed by atoms with Crippen LogP contribution in [0.15, 0.2) is 34.2 Å². The molecule has 0 bridgehead atoms. The second-order valence-electron chi connectivity index (χ2n) is 4.53. The maximum atomic E-state index is 12.1. The van der Waals surface area contributed by atoms with E-state index in [0.717, 1.165) is 4.68 Å². The number of rotatable bonds is 2. The zero-order chi connectivity index (χ0) is 15.6. The molecule has 0 saturated heterocycles. The van der Waals surface area contributed by atoms with Crippen LogP contribution >= 0.6 is 0 Å². The molecule has 0 atom stereocenters. The topological polar surface area (TPSA) is 98.6 Å². The van der Waals surface area contributed by atoms with Crippen molar-refractivity contribution in [1.82, 2.24) is 4.68 Å². The van der Waals surface area contributed by atoms with Gasteiger partial charge in [-0.2, -0.15) is 10.4 Å². The standard InChI is InChI=1S/C15H13N3O3/c1-9-6-10(2)18(15(21)12(9)7-16)17-8-11-4-3-5-13(19)14(11)20/h3-6,8,19-20H,1-2H3/b17-8+. The van der Waals surface area contributed by atoms with Crippen molar-refractivity contribution in [3.05, 3.63) is 57.0 Å². The Balaban J connectivity index is 2.55. The van der Waals surface area contributed by atoms with Gasteiger partial charge in [0.05, 0.1) is 6.21 Å². The molecule has 0 saturated carbocycles. The van der Waals surface area contributed by atoms with E-state index in [1.54, 1.807) is 26.0 Å². The first-order valence-electron chi connectivity index (χ1n) is 6.14. The maximum Gasteiger partial charge on any atom is 0.289 e. The predicted octanol–water partition coefficient (Wildman–Crippen LogP) is 1.63. The highest BCUT2D eigenvalue weighted by molar-refractivity contribution is 5.84. The zero-order valence-electron chi connectivity index (χ0n) is 11.5. The van der Waals surface area contributed by atoms with Crippen LogP contribution in [0.2, 0.25) is 0 Å². The quantitative estimate of drug-likeness (QED) is 0.646. The number of benzene rings is 1. The number of phenolic OH excluding ortho intramolecular Hbond substituents is 2. The highest BCUT2D eigenvalue weighted by Gasteiger charge is 2.09. The SMILES string of the molecule is Cc1cc(C)n(/N=C/c2cccc(O)c2O)c(=O)c1C#N. The minimum absolute atomic E-state index is 0.0258. The number of pyridine rings is 1. The molecular weight excluding hydrogens is 270 g/mol. The minimum Gasteiger partial charge on any atom is -0.504 e. The lowest BCUT2D eigenvalue weighted by atomic mass is 10.1. The van der Waals surface area contributed by atoms with Crippen LogP contribution < -0.4 is 5.56 Å². The Kier molecular flexibility index (Phi) is 3.76. The van der Waals surface area contributed by atoms with Gasteiger partial charge in [0.15, 0.2) is 11.5 Å². The number of phenols is 2. The predicted molar refractivity (Wildman–Crippen MR) is 77.7 cm³/mol. The molecule has 0 unspecified atom stereocenters. The number of hydrogen-bond acceptors (Lipinski definition) is 5. The summed E-state index contributed by atoms with van der Waals surface area (Å²) in [6, 6.07) is 7.95. The van der Waals surface area contributed by atoms with E-state index in [-0.39, 0.29) is 22.6 Å². The summed E-state index contributed by atoms with van der Waals surface area (Å²) in [7, 11) is 0. The van der Waals surface area contributed by atoms with E-state index in [2.05, 4.69) is 5.10 Å². The lowest BCUT2D eigenvalue weighted by Crippen LogP contribution is -2.22. The first-order valence-corrected chi connectivity index (χ1v) is 6.14. The van der Waals surface area contributed by atoms with Crippen molar-refractivity contribution in [2.75, 3.05) is 0 Å². The number of para-hydroxylation sites is 1. The average molecular weight is 283 g/mol. The average Bonchev–Trinajstić information content (AvgIpc) is 2.43. The van der Waals surface area contributed by atoms with E-state index in [0.29, 0.717) is 11.3 Å². The Morgan fingerprint density at radius 1 is 1.33 bits per heavy atom. The number of hydrogen-bond donors (Lipinski definition) is 2. The van der Waals surface area contributed by atoms with Gasteiger partial charge in [0, 0.05) is 11.3 Å². The third kappa shape index (κ3) is 2.62. The number of nitrogens with zero attached hydrogens (tertiary/aromatic N) is 3. The van der Waals surface area contributed by atoms with Gasteiger partial charge in [-0.3, -0.25) is 4.79 Å². The van der Waals surface area contributed by atoms with E-state index < -0.39 is 5.56 Å². The van der Waals surface area contributed by atoms with Gasteiger partial charge in [-0.1, -0.05) is 6.07 Å². The van der Waals surface area contributed by atoms with Crippen LogP contribution in [0.5, 0.6) is 11.5 Å². The first-order chi connectivity index (χ1) is 9.95. The van der Waals surface area contributed by atoms with E-state index in [1.165, 1.54) is 18.3 Å². The Morgan fingerprint density at radius 3 is 2.71 bits per heavy atom. The van der Waals surface area contributed by atoms with Crippen LogP contribution in [0.3, 0.4) is 0 Å². The number of aromatic nitrogens is 1. The molecule has 6 nitrogen and oxygen atoms in total. The third-order valence-corrected chi connectivity index (χ3v) is 3.03. The summed E-state index contributed by atoms with van der Waals surface area (Å²) in [6.45, 7) is 3.37. The Morgan fingerprint density at radius 2 is 2.05 bits per heavy atom. The molecule has 1 aromatic heterocycles. The summed E-state index contributed by atoms with van der Waals surface area (Å²) >= 11 is 0. The highest BCUT2D eigenvalue weighted by atomic mass is 16.3. The van der Waals surface area contributed by atoms with E-state index in [4.69, 9.17) is 5.26 Å². The van der Waals surface area contributed by atoms with Gasteiger partial charge in [-0.25, -0.2) is 4.68 Å². The lowest BCUT2D eigenvalue weighted by Gasteiger charge is -2.06. The van der Waals surface area contributed by atoms with Crippen molar-refractivity contribution in [2.45, 2.75) is 13.8 Å². The monoisotopic (exact) mass is 283 g/mol. The fourth-order valence-corrected chi connectivity index (χ4v) is 1.93. The molecule has 0 amide bonds. The summed E-state index contributed by atoms with van der Waals surface area (Å²) in [6.07, 6.45) is 1.25. The molecule has 2 aromatic rings. The summed E-state index contributed by atoms with van der Waals surface area (Å²) in [5, 5.41) is 32.1. The van der Waals surface area contributed by atoms with Crippen LogP contribution in [0, 0.1) is 25.2 Å². The molecule has 2 N–H and O–H groups in total. The molecular formula is C15H13N3O3. The van der Waals surface area contributed by atoms with Gasteiger partial charge >= 0.3 is 0 Å². The molecule has 21 heavy (non-hydrogen) atoms. The van der Waals surface area contributed by atoms with Crippen molar-refractivity contribution in [1.29, 1.82) is 5.26 Å². The lowest BCUT2D eigenvalue weighted by molar-refractivity contribution is 0.403. The molecule has 6 heteroatoms. The molecule has 0 fully saturated rings. The first kappa shape index (κ1) is 14.3. The second-order valence-corrected chi connectivity index (χ2v) is 4.53. The van der Waals surface area contributed by atoms with Crippen molar-refractivity contribution in [2.24, 2.45) is 5.10 Å². The van der Waals surface area contributed by atoms with E-state index in [9.17, 15) is 15.0 Å². The van der Waals surface area contributed by atoms with E-state index >= 15 is 0 Å². The molecule has 2 rings (SSSR count). The maximum absolute atomic E-state index is 12.1. The van der Waals surface area contributed by atoms with E-state index in [1.807, 2.05) is 6.07 Å². The van der Waals surface area contributed by atoms with Crippen molar-refractivity contribution in [3.8, 4) is 17.6 Å². The largest absolute Gasteiger partial charge is 0.504 e. The van der Waals surface area contributed by atoms with Crippen LogP contribution in [-0.2, 0) is 0 Å². The second kappa shape index (κ2) is 5.51. The number of aromatic hydroxyl groups is 2. The van der Waals surface area contributed by atoms with Crippen LogP contribution in [0.1, 0.15) is 22.4 Å². The van der Waals surface area contributed by atoms with Crippen LogP contribution in [-0.4, -0.2) is 21.1 Å². The molecule has 0 aliphatic rings. The molecule has 0 spiro atoms. The fourth-order valence-electron chi connectivity index (χ4n) is 1.93. The Bertz CT molecular complexity index is 829. The summed E-state index contributed by atoms with van der Waals surface area (Å²) in [4.78, 5) is 12.1. The third-order valence-electron chi connectivity index (χ3n) is 3.03. The highest BCUT2D eigenvalue weighted by Crippen LogP contribution is 2.26. The van der Waals surface area contributed by atoms with Gasteiger partial charge in [0.25, 0.3) is 5.56 Å². The summed E-state index contributed by atoms with van der Waals surface area (Å²) in [5.74, 6) is -0.593. The van der Waals surface area contributed by atoms with Crippen molar-refractivity contribution in [3.63, 3.8) is 0 Å². The van der Waals surface area contributed by atoms with Gasteiger partial charge in [-0.15, -0.1) is 0 Å². The Hall–Kier alpha value is -3.07. The minimum atomic E-state index is -0.522. The van der Waals surface area contributed by atoms with Crippen molar-refractivity contribution >= 4 is 6.21 Å². The normalized spacial score (nSPS) is 10.7. The van der Waals surface area contributed by atoms with Gasteiger partial charge in [0.1, 0.15) is 11.6 Å². The molecule has 0 aliphatic carbocycles. The fraction of sp³-hybridized carbons (Fsp3) is 0.133. The van der Waals surface area contributed by atoms with Crippen LogP contribution in [0.4, 0.5) is 0 Å². The van der Waals surface area contributed by atoms with Gasteiger partial charge in [0.2, 0.25) is 0 Å². The molecule has 0 aliphatic heterocycles. The molecule has 1 heterocycles. The number of aryl methyl sites for hydroxylation is 2. The van der Waals surface area contributed by atoms with Gasteiger partial charge < -0.3 is 10.2 Å². The smallest absolute Gasteiger partial charge is 0.289 e.